The quantitative estimate of drug-likeness (QED) is 0.866. The number of rotatable bonds is 2. The van der Waals surface area contributed by atoms with Crippen LogP contribution in [0.5, 0.6) is 0 Å². The molecule has 3 rings (SSSR count). The summed E-state index contributed by atoms with van der Waals surface area (Å²) in [5, 5.41) is 1.13. The highest BCUT2D eigenvalue weighted by atomic mass is 32.1. The molecule has 0 atom stereocenters. The molecule has 21 heavy (non-hydrogen) atoms. The third-order valence-electron chi connectivity index (χ3n) is 4.71. The average molecular weight is 300 g/mol. The number of hydrogen-bond acceptors (Lipinski definition) is 3. The normalized spacial score (nSPS) is 26.0. The molecule has 0 aliphatic heterocycles. The Balaban J connectivity index is 1.92. The van der Waals surface area contributed by atoms with Gasteiger partial charge in [0, 0.05) is 10.4 Å². The molecule has 1 heterocycles. The summed E-state index contributed by atoms with van der Waals surface area (Å²) in [4.78, 5) is 6.20. The van der Waals surface area contributed by atoms with Crippen molar-refractivity contribution in [1.82, 2.24) is 4.98 Å². The van der Waals surface area contributed by atoms with E-state index < -0.39 is 0 Å². The molecular formula is C18H24N2S. The van der Waals surface area contributed by atoms with Gasteiger partial charge in [0.1, 0.15) is 5.01 Å². The Morgan fingerprint density at radius 1 is 1.14 bits per heavy atom. The molecule has 0 amide bonds. The van der Waals surface area contributed by atoms with Crippen molar-refractivity contribution in [1.29, 1.82) is 0 Å². The standard InChI is InChI=1S/C18H24N2S/c1-12-4-6-15(7-5-12)16-14(3)21-17(20-16)18(19)10-8-13(2)9-11-18/h4-7,13H,8-11,19H2,1-3H3. The van der Waals surface area contributed by atoms with Crippen molar-refractivity contribution in [2.45, 2.75) is 52.0 Å². The molecule has 2 N–H and O–H groups in total. The highest BCUT2D eigenvalue weighted by molar-refractivity contribution is 7.12. The molecule has 3 heteroatoms. The van der Waals surface area contributed by atoms with Gasteiger partial charge in [-0.15, -0.1) is 11.3 Å². The van der Waals surface area contributed by atoms with E-state index in [-0.39, 0.29) is 5.54 Å². The summed E-state index contributed by atoms with van der Waals surface area (Å²) in [6.45, 7) is 6.59. The molecule has 2 aromatic rings. The van der Waals surface area contributed by atoms with Gasteiger partial charge >= 0.3 is 0 Å². The summed E-state index contributed by atoms with van der Waals surface area (Å²) in [6, 6.07) is 8.61. The molecule has 1 aromatic carbocycles. The number of hydrogen-bond donors (Lipinski definition) is 1. The molecule has 0 spiro atoms. The predicted octanol–water partition coefficient (Wildman–Crippen LogP) is 4.79. The Hall–Kier alpha value is -1.19. The third-order valence-corrected chi connectivity index (χ3v) is 5.90. The van der Waals surface area contributed by atoms with Crippen molar-refractivity contribution < 1.29 is 0 Å². The number of aromatic nitrogens is 1. The van der Waals surface area contributed by atoms with Crippen LogP contribution in [0.1, 0.15) is 48.1 Å². The van der Waals surface area contributed by atoms with Gasteiger partial charge in [0.2, 0.25) is 0 Å². The van der Waals surface area contributed by atoms with Crippen LogP contribution in [0, 0.1) is 19.8 Å². The second-order valence-corrected chi connectivity index (χ2v) is 7.83. The lowest BCUT2D eigenvalue weighted by Crippen LogP contribution is -2.40. The zero-order valence-electron chi connectivity index (χ0n) is 13.1. The first-order valence-electron chi connectivity index (χ1n) is 7.82. The minimum Gasteiger partial charge on any atom is -0.319 e. The van der Waals surface area contributed by atoms with Crippen LogP contribution in [0.2, 0.25) is 0 Å². The largest absolute Gasteiger partial charge is 0.319 e. The predicted molar refractivity (Wildman–Crippen MR) is 90.5 cm³/mol. The van der Waals surface area contributed by atoms with Crippen molar-refractivity contribution in [3.8, 4) is 11.3 Å². The Kier molecular flexibility index (Phi) is 3.89. The van der Waals surface area contributed by atoms with Gasteiger partial charge in [0.25, 0.3) is 0 Å². The van der Waals surface area contributed by atoms with Crippen LogP contribution in [0.15, 0.2) is 24.3 Å². The number of aryl methyl sites for hydroxylation is 2. The van der Waals surface area contributed by atoms with Crippen molar-refractivity contribution in [2.24, 2.45) is 11.7 Å². The molecule has 1 aliphatic carbocycles. The zero-order valence-corrected chi connectivity index (χ0v) is 14.0. The highest BCUT2D eigenvalue weighted by Gasteiger charge is 2.35. The van der Waals surface area contributed by atoms with Crippen LogP contribution in [-0.2, 0) is 5.54 Å². The molecule has 1 aliphatic rings. The monoisotopic (exact) mass is 300 g/mol. The van der Waals surface area contributed by atoms with Gasteiger partial charge in [-0.2, -0.15) is 0 Å². The zero-order chi connectivity index (χ0) is 15.0. The smallest absolute Gasteiger partial charge is 0.113 e. The first-order valence-corrected chi connectivity index (χ1v) is 8.63. The fourth-order valence-electron chi connectivity index (χ4n) is 3.08. The number of thiazole rings is 1. The second-order valence-electron chi connectivity index (χ2n) is 6.63. The third kappa shape index (κ3) is 2.90. The molecule has 0 radical (unpaired) electrons. The molecule has 0 bridgehead atoms. The van der Waals surface area contributed by atoms with Crippen molar-refractivity contribution in [2.75, 3.05) is 0 Å². The highest BCUT2D eigenvalue weighted by Crippen LogP contribution is 2.41. The van der Waals surface area contributed by atoms with E-state index in [2.05, 4.69) is 45.0 Å². The van der Waals surface area contributed by atoms with Crippen molar-refractivity contribution >= 4 is 11.3 Å². The minimum atomic E-state index is -0.203. The van der Waals surface area contributed by atoms with E-state index in [9.17, 15) is 0 Å². The van der Waals surface area contributed by atoms with E-state index in [1.165, 1.54) is 28.8 Å². The Morgan fingerprint density at radius 3 is 2.38 bits per heavy atom. The van der Waals surface area contributed by atoms with Gasteiger partial charge in [-0.25, -0.2) is 4.98 Å². The van der Waals surface area contributed by atoms with E-state index in [1.54, 1.807) is 11.3 Å². The van der Waals surface area contributed by atoms with Crippen molar-refractivity contribution in [3.63, 3.8) is 0 Å². The summed E-state index contributed by atoms with van der Waals surface area (Å²) < 4.78 is 0. The summed E-state index contributed by atoms with van der Waals surface area (Å²) in [6.07, 6.45) is 4.56. The SMILES string of the molecule is Cc1ccc(-c2nc(C3(N)CCC(C)CC3)sc2C)cc1. The van der Waals surface area contributed by atoms with Crippen LogP contribution < -0.4 is 5.73 Å². The molecule has 1 fully saturated rings. The van der Waals surface area contributed by atoms with E-state index in [0.717, 1.165) is 29.5 Å². The van der Waals surface area contributed by atoms with Crippen LogP contribution in [0.3, 0.4) is 0 Å². The molecule has 112 valence electrons. The summed E-state index contributed by atoms with van der Waals surface area (Å²) >= 11 is 1.78. The summed E-state index contributed by atoms with van der Waals surface area (Å²) in [7, 11) is 0. The molecule has 0 unspecified atom stereocenters. The lowest BCUT2D eigenvalue weighted by Gasteiger charge is -2.34. The first-order chi connectivity index (χ1) is 9.98. The van der Waals surface area contributed by atoms with Gasteiger partial charge in [-0.05, 0) is 45.4 Å². The van der Waals surface area contributed by atoms with Gasteiger partial charge in [-0.1, -0.05) is 36.8 Å². The second kappa shape index (κ2) is 5.54. The molecular weight excluding hydrogens is 276 g/mol. The summed E-state index contributed by atoms with van der Waals surface area (Å²) in [5.74, 6) is 0.805. The molecule has 1 aromatic heterocycles. The Morgan fingerprint density at radius 2 is 1.76 bits per heavy atom. The maximum atomic E-state index is 6.67. The first kappa shape index (κ1) is 14.7. The molecule has 2 nitrogen and oxygen atoms in total. The van der Waals surface area contributed by atoms with E-state index in [0.29, 0.717) is 0 Å². The maximum absolute atomic E-state index is 6.67. The van der Waals surface area contributed by atoms with Crippen molar-refractivity contribution in [3.05, 3.63) is 39.7 Å². The van der Waals surface area contributed by atoms with E-state index in [4.69, 9.17) is 10.7 Å². The van der Waals surface area contributed by atoms with Crippen LogP contribution in [0.25, 0.3) is 11.3 Å². The van der Waals surface area contributed by atoms with Crippen LogP contribution >= 0.6 is 11.3 Å². The van der Waals surface area contributed by atoms with Crippen LogP contribution in [-0.4, -0.2) is 4.98 Å². The molecule has 1 saturated carbocycles. The fraction of sp³-hybridized carbons (Fsp3) is 0.500. The lowest BCUT2D eigenvalue weighted by atomic mass is 9.78. The van der Waals surface area contributed by atoms with Gasteiger partial charge in [0.05, 0.1) is 11.2 Å². The number of benzene rings is 1. The van der Waals surface area contributed by atoms with E-state index >= 15 is 0 Å². The number of nitrogens with two attached hydrogens (primary N) is 1. The van der Waals surface area contributed by atoms with Gasteiger partial charge in [0.15, 0.2) is 0 Å². The number of nitrogens with zero attached hydrogens (tertiary/aromatic N) is 1. The maximum Gasteiger partial charge on any atom is 0.113 e. The lowest BCUT2D eigenvalue weighted by molar-refractivity contribution is 0.247. The van der Waals surface area contributed by atoms with Gasteiger partial charge < -0.3 is 5.73 Å². The average Bonchev–Trinajstić information content (AvgIpc) is 2.86. The summed E-state index contributed by atoms with van der Waals surface area (Å²) in [5.41, 5.74) is 10.1. The van der Waals surface area contributed by atoms with Crippen LogP contribution in [0.4, 0.5) is 0 Å². The van der Waals surface area contributed by atoms with E-state index in [1.807, 2.05) is 0 Å². The Bertz CT molecular complexity index is 619. The Labute approximate surface area is 131 Å². The fourth-order valence-corrected chi connectivity index (χ4v) is 4.17. The topological polar surface area (TPSA) is 38.9 Å². The molecule has 0 saturated heterocycles. The minimum absolute atomic E-state index is 0.203. The van der Waals surface area contributed by atoms with Gasteiger partial charge in [-0.3, -0.25) is 0 Å².